The van der Waals surface area contributed by atoms with Gasteiger partial charge in [0, 0.05) is 13.1 Å². The minimum absolute atomic E-state index is 0.559. The number of hydrogen-bond donors (Lipinski definition) is 1. The van der Waals surface area contributed by atoms with Crippen molar-refractivity contribution in [3.8, 4) is 5.75 Å². The van der Waals surface area contributed by atoms with Crippen molar-refractivity contribution >= 4 is 0 Å². The van der Waals surface area contributed by atoms with Crippen molar-refractivity contribution in [1.82, 2.24) is 5.32 Å². The molecule has 0 amide bonds. The average Bonchev–Trinajstić information content (AvgIpc) is 2.39. The van der Waals surface area contributed by atoms with Crippen molar-refractivity contribution in [1.29, 1.82) is 0 Å². The molecule has 0 heterocycles. The van der Waals surface area contributed by atoms with E-state index in [0.717, 1.165) is 31.9 Å². The van der Waals surface area contributed by atoms with E-state index >= 15 is 0 Å². The topological polar surface area (TPSA) is 21.3 Å². The number of unbranched alkanes of at least 4 members (excludes halogenated alkanes) is 1. The lowest BCUT2D eigenvalue weighted by Crippen LogP contribution is -2.36. The zero-order chi connectivity index (χ0) is 13.6. The minimum Gasteiger partial charge on any atom is -0.494 e. The van der Waals surface area contributed by atoms with Crippen molar-refractivity contribution in [2.24, 2.45) is 5.41 Å². The highest BCUT2D eigenvalue weighted by molar-refractivity contribution is 5.27. The summed E-state index contributed by atoms with van der Waals surface area (Å²) in [5.41, 5.74) is 1.90. The van der Waals surface area contributed by atoms with Crippen LogP contribution in [0.3, 0.4) is 0 Å². The summed E-state index contributed by atoms with van der Waals surface area (Å²) in [7, 11) is 0. The van der Waals surface area contributed by atoms with Gasteiger partial charge in [-0.2, -0.15) is 0 Å². The molecule has 1 N–H and O–H groups in total. The van der Waals surface area contributed by atoms with Crippen LogP contribution in [0.2, 0.25) is 0 Å². The van der Waals surface area contributed by atoms with Crippen LogP contribution >= 0.6 is 0 Å². The number of rotatable bonds is 8. The van der Waals surface area contributed by atoms with Crippen molar-refractivity contribution in [2.75, 3.05) is 13.2 Å². The lowest BCUT2D eigenvalue weighted by molar-refractivity contribution is 0.156. The van der Waals surface area contributed by atoms with Crippen LogP contribution in [0.15, 0.2) is 24.3 Å². The molecule has 1 aromatic carbocycles. The van der Waals surface area contributed by atoms with E-state index in [9.17, 15) is 0 Å². The molecule has 0 aromatic heterocycles. The second-order valence-corrected chi connectivity index (χ2v) is 6.11. The molecule has 2 nitrogen and oxygen atoms in total. The first-order valence-corrected chi connectivity index (χ1v) is 7.64. The first-order chi connectivity index (χ1) is 9.22. The fraction of sp³-hybridized carbons (Fsp3) is 0.647. The molecule has 106 valence electrons. The maximum absolute atomic E-state index is 5.67. The van der Waals surface area contributed by atoms with Gasteiger partial charge in [0.25, 0.3) is 0 Å². The van der Waals surface area contributed by atoms with Gasteiger partial charge in [0.1, 0.15) is 5.75 Å². The van der Waals surface area contributed by atoms with Crippen LogP contribution in [0.5, 0.6) is 5.75 Å². The maximum atomic E-state index is 5.67. The summed E-state index contributed by atoms with van der Waals surface area (Å²) in [4.78, 5) is 0. The molecule has 0 radical (unpaired) electrons. The van der Waals surface area contributed by atoms with Gasteiger partial charge in [-0.1, -0.05) is 38.8 Å². The smallest absolute Gasteiger partial charge is 0.119 e. The van der Waals surface area contributed by atoms with E-state index in [1.54, 1.807) is 0 Å². The molecule has 1 saturated carbocycles. The van der Waals surface area contributed by atoms with E-state index < -0.39 is 0 Å². The Morgan fingerprint density at radius 1 is 1.21 bits per heavy atom. The predicted molar refractivity (Wildman–Crippen MR) is 80.5 cm³/mol. The molecule has 0 aliphatic heterocycles. The van der Waals surface area contributed by atoms with Crippen LogP contribution in [0, 0.1) is 5.41 Å². The van der Waals surface area contributed by atoms with Crippen LogP contribution in [-0.2, 0) is 6.54 Å². The number of nitrogens with one attached hydrogen (secondary N) is 1. The first kappa shape index (κ1) is 14.4. The highest BCUT2D eigenvalue weighted by Gasteiger charge is 2.30. The van der Waals surface area contributed by atoms with E-state index in [1.165, 1.54) is 31.2 Å². The third-order valence-corrected chi connectivity index (χ3v) is 4.13. The van der Waals surface area contributed by atoms with Crippen molar-refractivity contribution in [3.05, 3.63) is 29.8 Å². The molecule has 1 aromatic rings. The zero-order valence-corrected chi connectivity index (χ0v) is 12.4. The molecule has 2 heteroatoms. The van der Waals surface area contributed by atoms with Crippen molar-refractivity contribution in [2.45, 2.75) is 52.5 Å². The van der Waals surface area contributed by atoms with Gasteiger partial charge in [0.2, 0.25) is 0 Å². The summed E-state index contributed by atoms with van der Waals surface area (Å²) < 4.78 is 5.67. The van der Waals surface area contributed by atoms with Gasteiger partial charge >= 0.3 is 0 Å². The van der Waals surface area contributed by atoms with Gasteiger partial charge in [-0.25, -0.2) is 0 Å². The van der Waals surface area contributed by atoms with Crippen LogP contribution < -0.4 is 10.1 Å². The molecule has 2 rings (SSSR count). The molecule has 0 atom stereocenters. The van der Waals surface area contributed by atoms with Crippen molar-refractivity contribution < 1.29 is 4.74 Å². The third kappa shape index (κ3) is 4.54. The molecule has 0 spiro atoms. The van der Waals surface area contributed by atoms with Crippen LogP contribution in [0.1, 0.15) is 51.5 Å². The molecule has 0 saturated heterocycles. The maximum Gasteiger partial charge on any atom is 0.119 e. The quantitative estimate of drug-likeness (QED) is 0.710. The Bertz CT molecular complexity index is 367. The SMILES string of the molecule is CCCCOc1ccc(CNCC2(C)CCC2)cc1. The van der Waals surface area contributed by atoms with Gasteiger partial charge in [-0.05, 0) is 42.4 Å². The minimum atomic E-state index is 0.559. The Labute approximate surface area is 117 Å². The van der Waals surface area contributed by atoms with E-state index in [-0.39, 0.29) is 0 Å². The first-order valence-electron chi connectivity index (χ1n) is 7.64. The van der Waals surface area contributed by atoms with E-state index in [4.69, 9.17) is 4.74 Å². The molecule has 19 heavy (non-hydrogen) atoms. The second kappa shape index (κ2) is 6.95. The standard InChI is InChI=1S/C17H27NO/c1-3-4-12-19-16-8-6-15(7-9-16)13-18-14-17(2)10-5-11-17/h6-9,18H,3-5,10-14H2,1-2H3. The fourth-order valence-corrected chi connectivity index (χ4v) is 2.50. The lowest BCUT2D eigenvalue weighted by atomic mass is 9.70. The van der Waals surface area contributed by atoms with E-state index in [2.05, 4.69) is 43.4 Å². The number of ether oxygens (including phenoxy) is 1. The van der Waals surface area contributed by atoms with Crippen LogP contribution in [-0.4, -0.2) is 13.2 Å². The second-order valence-electron chi connectivity index (χ2n) is 6.11. The third-order valence-electron chi connectivity index (χ3n) is 4.13. The average molecular weight is 261 g/mol. The lowest BCUT2D eigenvalue weighted by Gasteiger charge is -2.38. The normalized spacial score (nSPS) is 16.9. The van der Waals surface area contributed by atoms with Gasteiger partial charge in [0.15, 0.2) is 0 Å². The van der Waals surface area contributed by atoms with E-state index in [1.807, 2.05) is 0 Å². The molecule has 1 aliphatic rings. The van der Waals surface area contributed by atoms with Crippen molar-refractivity contribution in [3.63, 3.8) is 0 Å². The largest absolute Gasteiger partial charge is 0.494 e. The van der Waals surface area contributed by atoms with Crippen LogP contribution in [0.4, 0.5) is 0 Å². The Balaban J connectivity index is 1.69. The zero-order valence-electron chi connectivity index (χ0n) is 12.4. The van der Waals surface area contributed by atoms with Gasteiger partial charge in [-0.15, -0.1) is 0 Å². The molecule has 1 fully saturated rings. The summed E-state index contributed by atoms with van der Waals surface area (Å²) >= 11 is 0. The summed E-state index contributed by atoms with van der Waals surface area (Å²) in [5, 5.41) is 3.58. The Morgan fingerprint density at radius 3 is 2.53 bits per heavy atom. The van der Waals surface area contributed by atoms with E-state index in [0.29, 0.717) is 5.41 Å². The molecule has 0 unspecified atom stereocenters. The fourth-order valence-electron chi connectivity index (χ4n) is 2.50. The number of hydrogen-bond acceptors (Lipinski definition) is 2. The van der Waals surface area contributed by atoms with Gasteiger partial charge in [0.05, 0.1) is 6.61 Å². The molecular weight excluding hydrogens is 234 g/mol. The monoisotopic (exact) mass is 261 g/mol. The van der Waals surface area contributed by atoms with Gasteiger partial charge in [-0.3, -0.25) is 0 Å². The Kier molecular flexibility index (Phi) is 5.26. The van der Waals surface area contributed by atoms with Crippen LogP contribution in [0.25, 0.3) is 0 Å². The predicted octanol–water partition coefficient (Wildman–Crippen LogP) is 4.15. The van der Waals surface area contributed by atoms with Gasteiger partial charge < -0.3 is 10.1 Å². The summed E-state index contributed by atoms with van der Waals surface area (Å²) in [6.07, 6.45) is 6.47. The molecular formula is C17H27NO. The summed E-state index contributed by atoms with van der Waals surface area (Å²) in [6, 6.07) is 8.49. The molecule has 1 aliphatic carbocycles. The Morgan fingerprint density at radius 2 is 1.95 bits per heavy atom. The highest BCUT2D eigenvalue weighted by Crippen LogP contribution is 2.39. The Hall–Kier alpha value is -1.02. The summed E-state index contributed by atoms with van der Waals surface area (Å²) in [6.45, 7) is 7.49. The molecule has 0 bridgehead atoms. The summed E-state index contributed by atoms with van der Waals surface area (Å²) in [5.74, 6) is 0.989. The highest BCUT2D eigenvalue weighted by atomic mass is 16.5. The number of benzene rings is 1.